The summed E-state index contributed by atoms with van der Waals surface area (Å²) in [5.41, 5.74) is 0. The zero-order valence-electron chi connectivity index (χ0n) is 5.65. The van der Waals surface area contributed by atoms with Gasteiger partial charge in [0.1, 0.15) is 6.17 Å². The number of nitrogens with one attached hydrogen (secondary N) is 2. The van der Waals surface area contributed by atoms with E-state index >= 15 is 0 Å². The molecule has 3 heteroatoms. The summed E-state index contributed by atoms with van der Waals surface area (Å²) in [6.45, 7) is 1.43. The van der Waals surface area contributed by atoms with E-state index in [-0.39, 0.29) is 0 Å². The van der Waals surface area contributed by atoms with Crippen LogP contribution < -0.4 is 10.6 Å². The van der Waals surface area contributed by atoms with Gasteiger partial charge in [-0.3, -0.25) is 0 Å². The lowest BCUT2D eigenvalue weighted by molar-refractivity contribution is 0.234. The van der Waals surface area contributed by atoms with E-state index in [0.717, 1.165) is 6.54 Å². The number of hydrogen-bond donors (Lipinski definition) is 2. The lowest BCUT2D eigenvalue weighted by atomic mass is 10.1. The van der Waals surface area contributed by atoms with Crippen molar-refractivity contribution in [3.8, 4) is 0 Å². The highest BCUT2D eigenvalue weighted by Crippen LogP contribution is 2.05. The van der Waals surface area contributed by atoms with Crippen LogP contribution in [0.1, 0.15) is 6.42 Å². The van der Waals surface area contributed by atoms with Gasteiger partial charge in [-0.25, -0.2) is 4.39 Å². The molecule has 0 amide bonds. The number of halogens is 1. The van der Waals surface area contributed by atoms with E-state index in [4.69, 9.17) is 0 Å². The van der Waals surface area contributed by atoms with Crippen molar-refractivity contribution in [2.24, 2.45) is 0 Å². The third-order valence-corrected chi connectivity index (χ3v) is 1.71. The molecule has 1 rings (SSSR count). The Morgan fingerprint density at radius 2 is 2.33 bits per heavy atom. The molecule has 0 unspecified atom stereocenters. The Morgan fingerprint density at radius 3 is 2.78 bits per heavy atom. The number of piperidine rings is 1. The lowest BCUT2D eigenvalue weighted by Crippen LogP contribution is -2.46. The fourth-order valence-corrected chi connectivity index (χ4v) is 1.11. The van der Waals surface area contributed by atoms with Crippen molar-refractivity contribution in [3.05, 3.63) is 0 Å². The van der Waals surface area contributed by atoms with E-state index < -0.39 is 6.17 Å². The molecule has 0 saturated carbocycles. The Balaban J connectivity index is 2.23. The first-order chi connectivity index (χ1) is 4.33. The average Bonchev–Trinajstić information content (AvgIpc) is 1.88. The van der Waals surface area contributed by atoms with Crippen molar-refractivity contribution in [2.75, 3.05) is 20.1 Å². The largest absolute Gasteiger partial charge is 0.316 e. The molecule has 0 bridgehead atoms. The van der Waals surface area contributed by atoms with E-state index in [9.17, 15) is 4.39 Å². The highest BCUT2D eigenvalue weighted by molar-refractivity contribution is 4.79. The van der Waals surface area contributed by atoms with Crippen molar-refractivity contribution in [1.82, 2.24) is 10.6 Å². The van der Waals surface area contributed by atoms with Crippen LogP contribution in [0.2, 0.25) is 0 Å². The number of likely N-dealkylation sites (N-methyl/N-ethyl adjacent to an activating group) is 1. The van der Waals surface area contributed by atoms with Gasteiger partial charge in [0.05, 0.1) is 0 Å². The minimum atomic E-state index is -0.656. The fraction of sp³-hybridized carbons (Fsp3) is 1.00. The Morgan fingerprint density at radius 1 is 1.56 bits per heavy atom. The van der Waals surface area contributed by atoms with Crippen LogP contribution in [0.25, 0.3) is 0 Å². The molecule has 2 atom stereocenters. The number of rotatable bonds is 1. The maximum absolute atomic E-state index is 12.5. The van der Waals surface area contributed by atoms with E-state index in [1.807, 2.05) is 7.05 Å². The zero-order chi connectivity index (χ0) is 6.69. The van der Waals surface area contributed by atoms with Gasteiger partial charge in [-0.15, -0.1) is 0 Å². The molecule has 2 N–H and O–H groups in total. The molecule has 0 spiro atoms. The van der Waals surface area contributed by atoms with Gasteiger partial charge in [-0.05, 0) is 13.5 Å². The minimum absolute atomic E-state index is 0.328. The summed E-state index contributed by atoms with van der Waals surface area (Å²) < 4.78 is 12.5. The second-order valence-corrected chi connectivity index (χ2v) is 2.48. The molecule has 1 saturated heterocycles. The van der Waals surface area contributed by atoms with Crippen LogP contribution in [0.15, 0.2) is 0 Å². The van der Waals surface area contributed by atoms with Gasteiger partial charge in [0, 0.05) is 19.1 Å². The van der Waals surface area contributed by atoms with E-state index in [2.05, 4.69) is 10.6 Å². The molecule has 1 aliphatic rings. The molecule has 0 aromatic heterocycles. The van der Waals surface area contributed by atoms with Crippen molar-refractivity contribution in [3.63, 3.8) is 0 Å². The van der Waals surface area contributed by atoms with Crippen LogP contribution in [-0.4, -0.2) is 32.4 Å². The first kappa shape index (κ1) is 6.96. The Hall–Kier alpha value is -0.150. The molecule has 0 aliphatic carbocycles. The normalized spacial score (nSPS) is 36.7. The van der Waals surface area contributed by atoms with E-state index in [1.54, 1.807) is 0 Å². The quantitative estimate of drug-likeness (QED) is 0.521. The van der Waals surface area contributed by atoms with E-state index in [1.165, 1.54) is 0 Å². The summed E-state index contributed by atoms with van der Waals surface area (Å²) >= 11 is 0. The maximum Gasteiger partial charge on any atom is 0.114 e. The van der Waals surface area contributed by atoms with Crippen molar-refractivity contribution >= 4 is 0 Å². The van der Waals surface area contributed by atoms with E-state index in [0.29, 0.717) is 19.0 Å². The standard InChI is InChI=1S/C6H13FN2/c1-8-6-2-5(7)3-9-4-6/h5-6,8-9H,2-4H2,1H3/t5-,6-/m1/s1. The molecule has 0 aromatic carbocycles. The maximum atomic E-state index is 12.5. The summed E-state index contributed by atoms with van der Waals surface area (Å²) in [5.74, 6) is 0. The van der Waals surface area contributed by atoms with Gasteiger partial charge >= 0.3 is 0 Å². The summed E-state index contributed by atoms with van der Waals surface area (Å²) in [4.78, 5) is 0. The second kappa shape index (κ2) is 3.13. The predicted octanol–water partition coefficient (Wildman–Crippen LogP) is -0.0942. The molecule has 0 aromatic rings. The smallest absolute Gasteiger partial charge is 0.114 e. The Kier molecular flexibility index (Phi) is 2.42. The summed E-state index contributed by atoms with van der Waals surface area (Å²) in [5, 5.41) is 6.03. The van der Waals surface area contributed by atoms with Gasteiger partial charge in [0.15, 0.2) is 0 Å². The van der Waals surface area contributed by atoms with Crippen LogP contribution in [0.3, 0.4) is 0 Å². The molecule has 1 aliphatic heterocycles. The number of alkyl halides is 1. The molecular formula is C6H13FN2. The molecule has 0 radical (unpaired) electrons. The monoisotopic (exact) mass is 132 g/mol. The third kappa shape index (κ3) is 1.91. The van der Waals surface area contributed by atoms with Gasteiger partial charge in [-0.2, -0.15) is 0 Å². The SMILES string of the molecule is CN[C@H]1CNC[C@H](F)C1. The minimum Gasteiger partial charge on any atom is -0.316 e. The van der Waals surface area contributed by atoms with Crippen molar-refractivity contribution in [2.45, 2.75) is 18.6 Å². The Labute approximate surface area is 54.8 Å². The second-order valence-electron chi connectivity index (χ2n) is 2.48. The first-order valence-electron chi connectivity index (χ1n) is 3.35. The Bertz CT molecular complexity index is 87.1. The summed E-state index contributed by atoms with van der Waals surface area (Å²) in [7, 11) is 1.87. The molecular weight excluding hydrogens is 119 g/mol. The van der Waals surface area contributed by atoms with Gasteiger partial charge < -0.3 is 10.6 Å². The van der Waals surface area contributed by atoms with Crippen LogP contribution in [0, 0.1) is 0 Å². The summed E-state index contributed by atoms with van der Waals surface area (Å²) in [6.07, 6.45) is -0.0000463. The van der Waals surface area contributed by atoms with Crippen LogP contribution in [0.4, 0.5) is 4.39 Å². The summed E-state index contributed by atoms with van der Waals surface area (Å²) in [6, 6.07) is 0.328. The molecule has 1 fully saturated rings. The molecule has 9 heavy (non-hydrogen) atoms. The van der Waals surface area contributed by atoms with Crippen molar-refractivity contribution in [1.29, 1.82) is 0 Å². The molecule has 54 valence electrons. The topological polar surface area (TPSA) is 24.1 Å². The molecule has 2 nitrogen and oxygen atoms in total. The highest BCUT2D eigenvalue weighted by Gasteiger charge is 2.18. The van der Waals surface area contributed by atoms with Crippen molar-refractivity contribution < 1.29 is 4.39 Å². The third-order valence-electron chi connectivity index (χ3n) is 1.71. The van der Waals surface area contributed by atoms with Crippen LogP contribution in [-0.2, 0) is 0 Å². The lowest BCUT2D eigenvalue weighted by Gasteiger charge is -2.24. The molecule has 1 heterocycles. The van der Waals surface area contributed by atoms with Gasteiger partial charge in [0.25, 0.3) is 0 Å². The fourth-order valence-electron chi connectivity index (χ4n) is 1.11. The average molecular weight is 132 g/mol. The predicted molar refractivity (Wildman–Crippen MR) is 35.2 cm³/mol. The zero-order valence-corrected chi connectivity index (χ0v) is 5.65. The van der Waals surface area contributed by atoms with Crippen LogP contribution >= 0.6 is 0 Å². The van der Waals surface area contributed by atoms with Crippen LogP contribution in [0.5, 0.6) is 0 Å². The van der Waals surface area contributed by atoms with Gasteiger partial charge in [-0.1, -0.05) is 0 Å². The van der Waals surface area contributed by atoms with Gasteiger partial charge in [0.2, 0.25) is 0 Å². The number of hydrogen-bond acceptors (Lipinski definition) is 2. The highest BCUT2D eigenvalue weighted by atomic mass is 19.1. The first-order valence-corrected chi connectivity index (χ1v) is 3.35.